The van der Waals surface area contributed by atoms with Crippen LogP contribution >= 0.6 is 0 Å². The fourth-order valence-corrected chi connectivity index (χ4v) is 5.08. The first-order valence-electron chi connectivity index (χ1n) is 14.1. The summed E-state index contributed by atoms with van der Waals surface area (Å²) in [6.45, 7) is 9.97. The first-order valence-corrected chi connectivity index (χ1v) is 14.1. The lowest BCUT2D eigenvalue weighted by Crippen LogP contribution is -2.44. The lowest BCUT2D eigenvalue weighted by atomic mass is 10.1. The van der Waals surface area contributed by atoms with Crippen molar-refractivity contribution < 1.29 is 4.79 Å². The molecular formula is C32H35N9O2. The topological polar surface area (TPSA) is 127 Å². The molecule has 0 saturated carbocycles. The molecule has 3 N–H and O–H groups in total. The number of rotatable bonds is 7. The number of amides is 1. The molecule has 220 valence electrons. The zero-order chi connectivity index (χ0) is 30.5. The van der Waals surface area contributed by atoms with Gasteiger partial charge in [0.05, 0.1) is 29.2 Å². The molecule has 0 aliphatic carbocycles. The number of nitrogen functional groups attached to an aromatic ring is 1. The molecule has 4 aromatic rings. The quantitative estimate of drug-likeness (QED) is 0.255. The lowest BCUT2D eigenvalue weighted by Gasteiger charge is -2.30. The van der Waals surface area contributed by atoms with Crippen LogP contribution < -0.4 is 16.6 Å². The van der Waals surface area contributed by atoms with Crippen LogP contribution in [0.3, 0.4) is 0 Å². The van der Waals surface area contributed by atoms with Crippen molar-refractivity contribution in [3.05, 3.63) is 88.5 Å². The smallest absolute Gasteiger partial charge is 0.267 e. The molecule has 11 nitrogen and oxygen atoms in total. The van der Waals surface area contributed by atoms with Crippen LogP contribution in [0.1, 0.15) is 34.7 Å². The van der Waals surface area contributed by atoms with Gasteiger partial charge < -0.3 is 16.0 Å². The summed E-state index contributed by atoms with van der Waals surface area (Å²) in [5.74, 6) is 6.68. The van der Waals surface area contributed by atoms with Gasteiger partial charge in [-0.1, -0.05) is 48.8 Å². The van der Waals surface area contributed by atoms with Crippen LogP contribution in [0.15, 0.2) is 71.0 Å². The van der Waals surface area contributed by atoms with E-state index in [-0.39, 0.29) is 22.8 Å². The number of nitrogens with zero attached hydrogens (tertiary/aromatic N) is 7. The van der Waals surface area contributed by atoms with Gasteiger partial charge in [-0.3, -0.25) is 19.1 Å². The molecule has 11 heteroatoms. The maximum Gasteiger partial charge on any atom is 0.267 e. The van der Waals surface area contributed by atoms with Crippen molar-refractivity contribution >= 4 is 34.7 Å². The largest absolute Gasteiger partial charge is 0.381 e. The first-order chi connectivity index (χ1) is 20.8. The third-order valence-corrected chi connectivity index (χ3v) is 7.37. The minimum absolute atomic E-state index is 0.0372. The van der Waals surface area contributed by atoms with E-state index in [0.29, 0.717) is 34.5 Å². The summed E-state index contributed by atoms with van der Waals surface area (Å²) in [5.41, 5.74) is 7.67. The predicted molar refractivity (Wildman–Crippen MR) is 170 cm³/mol. The van der Waals surface area contributed by atoms with Crippen molar-refractivity contribution in [1.82, 2.24) is 34.4 Å². The van der Waals surface area contributed by atoms with Crippen molar-refractivity contribution in [1.29, 1.82) is 0 Å². The van der Waals surface area contributed by atoms with E-state index in [1.807, 2.05) is 42.5 Å². The number of anilines is 1. The van der Waals surface area contributed by atoms with Gasteiger partial charge >= 0.3 is 0 Å². The van der Waals surface area contributed by atoms with Crippen LogP contribution in [0, 0.1) is 11.8 Å². The molecule has 1 saturated heterocycles. The fourth-order valence-electron chi connectivity index (χ4n) is 5.08. The van der Waals surface area contributed by atoms with E-state index in [1.54, 1.807) is 20.0 Å². The number of hydrogen-bond acceptors (Lipinski definition) is 8. The number of para-hydroxylation sites is 1. The van der Waals surface area contributed by atoms with Gasteiger partial charge in [0, 0.05) is 45.0 Å². The van der Waals surface area contributed by atoms with Gasteiger partial charge in [0.25, 0.3) is 11.5 Å². The van der Waals surface area contributed by atoms with Gasteiger partial charge in [-0.05, 0) is 38.2 Å². The first kappa shape index (κ1) is 29.4. The highest BCUT2D eigenvalue weighted by molar-refractivity contribution is 6.03. The maximum atomic E-state index is 14.2. The third kappa shape index (κ3) is 6.25. The molecule has 1 unspecified atom stereocenters. The van der Waals surface area contributed by atoms with E-state index in [1.165, 1.54) is 21.5 Å². The summed E-state index contributed by atoms with van der Waals surface area (Å²) in [6, 6.07) is 14.0. The molecule has 43 heavy (non-hydrogen) atoms. The number of nitrogens with one attached hydrogen (secondary N) is 1. The van der Waals surface area contributed by atoms with Gasteiger partial charge in [-0.25, -0.2) is 14.7 Å². The number of carbonyl (C=O) groups excluding carboxylic acids is 1. The van der Waals surface area contributed by atoms with E-state index >= 15 is 0 Å². The number of aryl methyl sites for hydroxylation is 1. The van der Waals surface area contributed by atoms with Gasteiger partial charge in [-0.2, -0.15) is 5.10 Å². The molecule has 0 spiro atoms. The number of nitrogens with two attached hydrogens (primary N) is 1. The zero-order valence-corrected chi connectivity index (χ0v) is 24.6. The van der Waals surface area contributed by atoms with Crippen molar-refractivity contribution in [2.24, 2.45) is 12.0 Å². The molecule has 5 rings (SSSR count). The summed E-state index contributed by atoms with van der Waals surface area (Å²) in [4.78, 5) is 41.5. The van der Waals surface area contributed by atoms with E-state index < -0.39 is 11.9 Å². The van der Waals surface area contributed by atoms with Crippen LogP contribution in [0.5, 0.6) is 0 Å². The predicted octanol–water partition coefficient (Wildman–Crippen LogP) is 2.68. The van der Waals surface area contributed by atoms with Crippen molar-refractivity contribution in [2.45, 2.75) is 13.0 Å². The van der Waals surface area contributed by atoms with E-state index in [0.717, 1.165) is 26.2 Å². The number of likely N-dealkylation sites (N-methyl/N-ethyl adjacent to an activating group) is 1. The van der Waals surface area contributed by atoms with Crippen LogP contribution in [-0.4, -0.2) is 81.0 Å². The Bertz CT molecular complexity index is 1800. The molecule has 1 aliphatic heterocycles. The van der Waals surface area contributed by atoms with E-state index in [9.17, 15) is 9.59 Å². The Labute approximate surface area is 250 Å². The van der Waals surface area contributed by atoms with Gasteiger partial charge in [-0.15, -0.1) is 0 Å². The molecule has 3 heterocycles. The molecule has 0 bridgehead atoms. The number of hydrogen-bond donors (Lipinski definition) is 2. The highest BCUT2D eigenvalue weighted by Crippen LogP contribution is 2.26. The number of benzene rings is 2. The van der Waals surface area contributed by atoms with Crippen molar-refractivity contribution in [2.75, 3.05) is 45.5 Å². The van der Waals surface area contributed by atoms with Crippen LogP contribution in [0.2, 0.25) is 0 Å². The molecule has 0 radical (unpaired) electrons. The number of allylic oxidation sites excluding steroid dienone is 1. The maximum absolute atomic E-state index is 14.2. The standard InChI is InChI=1S/C32H35N9O2/c1-5-16-34-30-27(28(33)37-39(30)4)31(42)35-22(2)29-36-25-15-9-11-23(12-10-17-40-20-18-38(3)19-21-40)26(25)32(43)41(29)24-13-7-6-8-14-24/h5-9,11,13-16,22H,1,17-21H2,2-4H3,(H2,33,37)(H,35,42)/b34-16-. The van der Waals surface area contributed by atoms with Gasteiger partial charge in [0.15, 0.2) is 11.6 Å². The van der Waals surface area contributed by atoms with Gasteiger partial charge in [0.1, 0.15) is 11.4 Å². The number of fused-ring (bicyclic) bond motifs is 1. The Morgan fingerprint density at radius 3 is 2.60 bits per heavy atom. The van der Waals surface area contributed by atoms with Crippen molar-refractivity contribution in [3.63, 3.8) is 0 Å². The minimum atomic E-state index is -0.687. The normalized spacial score (nSPS) is 14.9. The summed E-state index contributed by atoms with van der Waals surface area (Å²) in [7, 11) is 3.77. The second kappa shape index (κ2) is 12.9. The minimum Gasteiger partial charge on any atom is -0.381 e. The molecule has 2 aromatic heterocycles. The Morgan fingerprint density at radius 1 is 1.14 bits per heavy atom. The number of piperazine rings is 1. The Morgan fingerprint density at radius 2 is 1.88 bits per heavy atom. The summed E-state index contributed by atoms with van der Waals surface area (Å²) < 4.78 is 2.96. The zero-order valence-electron chi connectivity index (χ0n) is 24.6. The average Bonchev–Trinajstić information content (AvgIpc) is 3.29. The summed E-state index contributed by atoms with van der Waals surface area (Å²) >= 11 is 0. The molecule has 1 fully saturated rings. The molecule has 1 amide bonds. The van der Waals surface area contributed by atoms with E-state index in [4.69, 9.17) is 10.7 Å². The molecular weight excluding hydrogens is 542 g/mol. The Balaban J connectivity index is 1.55. The molecule has 1 aliphatic rings. The van der Waals surface area contributed by atoms with Gasteiger partial charge in [0.2, 0.25) is 0 Å². The monoisotopic (exact) mass is 577 g/mol. The fraction of sp³-hybridized carbons (Fsp3) is 0.281. The van der Waals surface area contributed by atoms with E-state index in [2.05, 4.69) is 50.7 Å². The number of aliphatic imine (C=N–C) groups is 1. The van der Waals surface area contributed by atoms with Crippen LogP contribution in [0.25, 0.3) is 16.6 Å². The third-order valence-electron chi connectivity index (χ3n) is 7.37. The van der Waals surface area contributed by atoms with Crippen LogP contribution in [-0.2, 0) is 7.05 Å². The number of aromatic nitrogens is 4. The SMILES string of the molecule is C=C/C=N\c1c(C(=O)NC(C)c2nc3cccc(C#CCN4CCN(C)CC4)c3c(=O)n2-c2ccccc2)c(N)nn1C. The second-order valence-electron chi connectivity index (χ2n) is 10.4. The second-order valence-corrected chi connectivity index (χ2v) is 10.4. The Hall–Kier alpha value is -5.05. The van der Waals surface area contributed by atoms with Crippen molar-refractivity contribution in [3.8, 4) is 17.5 Å². The number of carbonyl (C=O) groups is 1. The highest BCUT2D eigenvalue weighted by atomic mass is 16.2. The highest BCUT2D eigenvalue weighted by Gasteiger charge is 2.25. The van der Waals surface area contributed by atoms with Crippen LogP contribution in [0.4, 0.5) is 11.6 Å². The molecule has 1 atom stereocenters. The molecule has 2 aromatic carbocycles. The Kier molecular flexibility index (Phi) is 8.80. The summed E-state index contributed by atoms with van der Waals surface area (Å²) in [6.07, 6.45) is 2.95. The lowest BCUT2D eigenvalue weighted by molar-refractivity contribution is 0.0939. The summed E-state index contributed by atoms with van der Waals surface area (Å²) in [5, 5.41) is 7.52. The average molecular weight is 578 g/mol.